The van der Waals surface area contributed by atoms with Gasteiger partial charge in [0.05, 0.1) is 7.11 Å². The van der Waals surface area contributed by atoms with E-state index in [2.05, 4.69) is 9.47 Å². The first-order valence-corrected chi connectivity index (χ1v) is 7.81. The SMILES string of the molecule is COC(=C(C(=O)OCC(F)(F)F)C(=O)OCC(F)(F)F)N(C)c1ccc(C)cc1. The minimum absolute atomic E-state index is 0.317. The van der Waals surface area contributed by atoms with Gasteiger partial charge in [-0.3, -0.25) is 0 Å². The number of hydrogen-bond acceptors (Lipinski definition) is 6. The number of anilines is 1. The molecule has 0 heterocycles. The molecule has 0 saturated carbocycles. The number of nitrogens with zero attached hydrogens (tertiary/aromatic N) is 1. The molecule has 1 rings (SSSR count). The van der Waals surface area contributed by atoms with Crippen molar-refractivity contribution in [1.29, 1.82) is 0 Å². The van der Waals surface area contributed by atoms with Crippen LogP contribution >= 0.6 is 0 Å². The Labute approximate surface area is 161 Å². The molecule has 0 spiro atoms. The number of rotatable bonds is 7. The molecule has 0 unspecified atom stereocenters. The molecule has 0 bridgehead atoms. The first-order valence-electron chi connectivity index (χ1n) is 7.81. The topological polar surface area (TPSA) is 65.1 Å². The van der Waals surface area contributed by atoms with Gasteiger partial charge in [0.25, 0.3) is 0 Å². The van der Waals surface area contributed by atoms with Crippen LogP contribution in [0.25, 0.3) is 0 Å². The van der Waals surface area contributed by atoms with Crippen LogP contribution in [0.15, 0.2) is 35.7 Å². The summed E-state index contributed by atoms with van der Waals surface area (Å²) in [5, 5.41) is 0. The van der Waals surface area contributed by atoms with E-state index in [1.165, 1.54) is 19.2 Å². The first-order chi connectivity index (χ1) is 13.2. The van der Waals surface area contributed by atoms with Crippen LogP contribution in [0.3, 0.4) is 0 Å². The van der Waals surface area contributed by atoms with Gasteiger partial charge >= 0.3 is 24.3 Å². The number of ether oxygens (including phenoxy) is 3. The summed E-state index contributed by atoms with van der Waals surface area (Å²) < 4.78 is 86.9. The van der Waals surface area contributed by atoms with Crippen molar-refractivity contribution in [2.75, 3.05) is 32.3 Å². The Balaban J connectivity index is 3.33. The fraction of sp³-hybridized carbons (Fsp3) is 0.412. The fourth-order valence-electron chi connectivity index (χ4n) is 1.99. The molecule has 12 heteroatoms. The lowest BCUT2D eigenvalue weighted by atomic mass is 10.2. The molecular weight excluding hydrogens is 412 g/mol. The molecule has 0 aromatic heterocycles. The molecule has 0 atom stereocenters. The van der Waals surface area contributed by atoms with E-state index >= 15 is 0 Å². The van der Waals surface area contributed by atoms with Crippen LogP contribution in [0.1, 0.15) is 5.56 Å². The lowest BCUT2D eigenvalue weighted by Gasteiger charge is -2.23. The Hall–Kier alpha value is -2.92. The maximum atomic E-state index is 12.3. The number of carbonyl (C=O) groups is 2. The van der Waals surface area contributed by atoms with Crippen LogP contribution in [-0.4, -0.2) is 51.7 Å². The molecule has 1 aromatic rings. The van der Waals surface area contributed by atoms with Gasteiger partial charge in [0.15, 0.2) is 13.2 Å². The molecule has 162 valence electrons. The second-order valence-electron chi connectivity index (χ2n) is 5.66. The van der Waals surface area contributed by atoms with E-state index < -0.39 is 49.0 Å². The zero-order valence-corrected chi connectivity index (χ0v) is 15.5. The van der Waals surface area contributed by atoms with Crippen molar-refractivity contribution in [2.24, 2.45) is 0 Å². The number of halogens is 6. The summed E-state index contributed by atoms with van der Waals surface area (Å²) in [4.78, 5) is 25.2. The number of alkyl halides is 6. The van der Waals surface area contributed by atoms with Crippen LogP contribution in [0.4, 0.5) is 32.0 Å². The zero-order valence-electron chi connectivity index (χ0n) is 15.5. The van der Waals surface area contributed by atoms with Gasteiger partial charge in [-0.1, -0.05) is 17.7 Å². The van der Waals surface area contributed by atoms with Crippen LogP contribution in [-0.2, 0) is 23.8 Å². The maximum absolute atomic E-state index is 12.3. The summed E-state index contributed by atoms with van der Waals surface area (Å²) in [6.45, 7) is -2.36. The number of benzene rings is 1. The van der Waals surface area contributed by atoms with Crippen LogP contribution in [0.2, 0.25) is 0 Å². The molecule has 0 aliphatic rings. The van der Waals surface area contributed by atoms with Crippen molar-refractivity contribution >= 4 is 17.6 Å². The van der Waals surface area contributed by atoms with Gasteiger partial charge in [-0.2, -0.15) is 26.3 Å². The number of aryl methyl sites for hydroxylation is 1. The Kier molecular flexibility index (Phi) is 7.92. The Morgan fingerprint density at radius 2 is 1.31 bits per heavy atom. The Morgan fingerprint density at radius 3 is 1.66 bits per heavy atom. The molecule has 29 heavy (non-hydrogen) atoms. The molecular formula is C17H17F6NO5. The van der Waals surface area contributed by atoms with Crippen molar-refractivity contribution in [3.05, 3.63) is 41.3 Å². The number of hydrogen-bond donors (Lipinski definition) is 0. The van der Waals surface area contributed by atoms with E-state index in [1.807, 2.05) is 0 Å². The summed E-state index contributed by atoms with van der Waals surface area (Å²) in [6, 6.07) is 6.33. The molecule has 0 aliphatic heterocycles. The Morgan fingerprint density at radius 1 is 0.897 bits per heavy atom. The predicted octanol–water partition coefficient (Wildman–Crippen LogP) is 3.50. The van der Waals surface area contributed by atoms with Crippen molar-refractivity contribution in [1.82, 2.24) is 0 Å². The van der Waals surface area contributed by atoms with Gasteiger partial charge in [0.2, 0.25) is 11.5 Å². The van der Waals surface area contributed by atoms with E-state index in [9.17, 15) is 35.9 Å². The Bertz CT molecular complexity index is 723. The molecule has 0 amide bonds. The minimum Gasteiger partial charge on any atom is -0.481 e. The smallest absolute Gasteiger partial charge is 0.422 e. The monoisotopic (exact) mass is 429 g/mol. The van der Waals surface area contributed by atoms with Gasteiger partial charge in [-0.05, 0) is 19.1 Å². The molecule has 0 saturated heterocycles. The second-order valence-corrected chi connectivity index (χ2v) is 5.66. The van der Waals surface area contributed by atoms with E-state index in [0.29, 0.717) is 5.69 Å². The highest BCUT2D eigenvalue weighted by molar-refractivity contribution is 6.14. The number of esters is 2. The fourth-order valence-corrected chi connectivity index (χ4v) is 1.99. The van der Waals surface area contributed by atoms with E-state index in [4.69, 9.17) is 4.74 Å². The van der Waals surface area contributed by atoms with E-state index in [-0.39, 0.29) is 0 Å². The highest BCUT2D eigenvalue weighted by atomic mass is 19.4. The van der Waals surface area contributed by atoms with Crippen LogP contribution in [0, 0.1) is 6.92 Å². The lowest BCUT2D eigenvalue weighted by molar-refractivity contribution is -0.189. The van der Waals surface area contributed by atoms with Gasteiger partial charge in [0, 0.05) is 12.7 Å². The van der Waals surface area contributed by atoms with Crippen LogP contribution in [0.5, 0.6) is 0 Å². The molecule has 0 fully saturated rings. The largest absolute Gasteiger partial charge is 0.481 e. The van der Waals surface area contributed by atoms with Gasteiger partial charge < -0.3 is 19.1 Å². The summed E-state index contributed by atoms with van der Waals surface area (Å²) in [5.74, 6) is -4.37. The predicted molar refractivity (Wildman–Crippen MR) is 87.6 cm³/mol. The average molecular weight is 429 g/mol. The van der Waals surface area contributed by atoms with Crippen molar-refractivity contribution < 1.29 is 50.1 Å². The highest BCUT2D eigenvalue weighted by Crippen LogP contribution is 2.24. The van der Waals surface area contributed by atoms with Crippen LogP contribution < -0.4 is 4.90 Å². The number of carbonyl (C=O) groups excluding carboxylic acids is 2. The zero-order chi connectivity index (χ0) is 22.4. The standard InChI is InChI=1S/C17H17F6NO5/c1-10-4-6-11(7-5-10)24(2)13(27-3)12(14(25)28-8-16(18,19)20)15(26)29-9-17(21,22)23/h4-7H,8-9H2,1-3H3. The minimum atomic E-state index is -4.92. The quantitative estimate of drug-likeness (QED) is 0.165. The third-order valence-electron chi connectivity index (χ3n) is 3.28. The second kappa shape index (κ2) is 9.52. The van der Waals surface area contributed by atoms with Gasteiger partial charge in [-0.25, -0.2) is 9.59 Å². The first kappa shape index (κ1) is 24.1. The van der Waals surface area contributed by atoms with Crippen molar-refractivity contribution in [2.45, 2.75) is 19.3 Å². The third kappa shape index (κ3) is 7.92. The normalized spacial score (nSPS) is 11.5. The van der Waals surface area contributed by atoms with Gasteiger partial charge in [-0.15, -0.1) is 0 Å². The maximum Gasteiger partial charge on any atom is 0.422 e. The van der Waals surface area contributed by atoms with Gasteiger partial charge in [0.1, 0.15) is 0 Å². The third-order valence-corrected chi connectivity index (χ3v) is 3.28. The highest BCUT2D eigenvalue weighted by Gasteiger charge is 2.37. The lowest BCUT2D eigenvalue weighted by Crippen LogP contribution is -2.31. The van der Waals surface area contributed by atoms with E-state index in [1.54, 1.807) is 19.1 Å². The van der Waals surface area contributed by atoms with E-state index in [0.717, 1.165) is 17.6 Å². The molecule has 0 N–H and O–H groups in total. The summed E-state index contributed by atoms with van der Waals surface area (Å²) in [5.41, 5.74) is -0.0965. The molecule has 1 aromatic carbocycles. The summed E-state index contributed by atoms with van der Waals surface area (Å²) in [7, 11) is 2.24. The number of methoxy groups -OCH3 is 1. The molecule has 0 aliphatic carbocycles. The van der Waals surface area contributed by atoms with Crippen molar-refractivity contribution in [3.63, 3.8) is 0 Å². The van der Waals surface area contributed by atoms with Crippen molar-refractivity contribution in [3.8, 4) is 0 Å². The molecule has 0 radical (unpaired) electrons. The molecule has 6 nitrogen and oxygen atoms in total. The summed E-state index contributed by atoms with van der Waals surface area (Å²) >= 11 is 0. The average Bonchev–Trinajstić information content (AvgIpc) is 2.61. The summed E-state index contributed by atoms with van der Waals surface area (Å²) in [6.07, 6.45) is -9.85.